The van der Waals surface area contributed by atoms with Gasteiger partial charge in [-0.15, -0.1) is 0 Å². The zero-order chi connectivity index (χ0) is 13.3. The molecule has 2 heterocycles. The van der Waals surface area contributed by atoms with Crippen molar-refractivity contribution < 1.29 is 9.53 Å². The molecule has 1 aliphatic rings. The number of likely N-dealkylation sites (N-methyl/N-ethyl adjacent to an activating group) is 1. The lowest BCUT2D eigenvalue weighted by molar-refractivity contribution is 0.0566. The first-order valence-electron chi connectivity index (χ1n) is 6.39. The van der Waals surface area contributed by atoms with E-state index >= 15 is 0 Å². The van der Waals surface area contributed by atoms with E-state index in [-0.39, 0.29) is 18.1 Å². The summed E-state index contributed by atoms with van der Waals surface area (Å²) >= 11 is 0. The number of rotatable bonds is 3. The van der Waals surface area contributed by atoms with Crippen LogP contribution >= 0.6 is 0 Å². The van der Waals surface area contributed by atoms with E-state index in [4.69, 9.17) is 10.5 Å². The maximum Gasteiger partial charge on any atom is 0.270 e. The Morgan fingerprint density at radius 2 is 2.39 bits per heavy atom. The predicted molar refractivity (Wildman–Crippen MR) is 70.4 cm³/mol. The van der Waals surface area contributed by atoms with Gasteiger partial charge in [0.25, 0.3) is 5.91 Å². The molecule has 1 aliphatic heterocycles. The number of amides is 1. The zero-order valence-corrected chi connectivity index (χ0v) is 11.2. The fraction of sp³-hybridized carbons (Fsp3) is 0.615. The van der Waals surface area contributed by atoms with Crippen LogP contribution in [0.4, 0.5) is 5.69 Å². The summed E-state index contributed by atoms with van der Waals surface area (Å²) in [5, 5.41) is 0. The summed E-state index contributed by atoms with van der Waals surface area (Å²) in [5.41, 5.74) is 7.04. The number of aryl methyl sites for hydroxylation is 1. The monoisotopic (exact) mass is 251 g/mol. The van der Waals surface area contributed by atoms with Crippen molar-refractivity contribution in [1.29, 1.82) is 0 Å². The first kappa shape index (κ1) is 13.0. The Kier molecular flexibility index (Phi) is 3.61. The second-order valence-electron chi connectivity index (χ2n) is 4.79. The van der Waals surface area contributed by atoms with Crippen LogP contribution in [0.5, 0.6) is 0 Å². The third-order valence-corrected chi connectivity index (χ3v) is 3.63. The van der Waals surface area contributed by atoms with Crippen LogP contribution in [0.3, 0.4) is 0 Å². The Bertz CT molecular complexity index is 441. The number of aromatic nitrogens is 1. The van der Waals surface area contributed by atoms with Crippen LogP contribution in [0.2, 0.25) is 0 Å². The molecule has 18 heavy (non-hydrogen) atoms. The van der Waals surface area contributed by atoms with Crippen LogP contribution < -0.4 is 5.73 Å². The van der Waals surface area contributed by atoms with Gasteiger partial charge in [0.2, 0.25) is 0 Å². The number of carbonyl (C=O) groups excluding carboxylic acids is 1. The number of carbonyl (C=O) groups is 1. The van der Waals surface area contributed by atoms with Gasteiger partial charge in [-0.05, 0) is 26.3 Å². The highest BCUT2D eigenvalue weighted by Gasteiger charge is 2.31. The Morgan fingerprint density at radius 3 is 2.94 bits per heavy atom. The van der Waals surface area contributed by atoms with Crippen LogP contribution in [0.1, 0.15) is 30.8 Å². The summed E-state index contributed by atoms with van der Waals surface area (Å²) in [7, 11) is 1.83. The Labute approximate surface area is 108 Å². The lowest BCUT2D eigenvalue weighted by Gasteiger charge is -2.27. The van der Waals surface area contributed by atoms with E-state index in [9.17, 15) is 4.79 Å². The maximum atomic E-state index is 12.5. The molecule has 1 fully saturated rings. The van der Waals surface area contributed by atoms with Gasteiger partial charge in [0.05, 0.1) is 17.8 Å². The first-order chi connectivity index (χ1) is 8.54. The normalized spacial score (nSPS) is 23.3. The quantitative estimate of drug-likeness (QED) is 0.882. The number of hydrogen-bond donors (Lipinski definition) is 1. The van der Waals surface area contributed by atoms with E-state index in [0.717, 1.165) is 19.6 Å². The van der Waals surface area contributed by atoms with E-state index < -0.39 is 0 Å². The number of nitrogen functional groups attached to an aromatic ring is 1. The van der Waals surface area contributed by atoms with Gasteiger partial charge in [-0.1, -0.05) is 0 Å². The number of nitrogens with zero attached hydrogens (tertiary/aromatic N) is 2. The average molecular weight is 251 g/mol. The minimum Gasteiger partial charge on any atom is -0.397 e. The van der Waals surface area contributed by atoms with Crippen molar-refractivity contribution in [2.24, 2.45) is 0 Å². The minimum absolute atomic E-state index is 0.0101. The fourth-order valence-corrected chi connectivity index (χ4v) is 2.53. The zero-order valence-electron chi connectivity index (χ0n) is 11.2. The van der Waals surface area contributed by atoms with Gasteiger partial charge in [-0.3, -0.25) is 4.79 Å². The molecule has 1 aromatic rings. The highest BCUT2D eigenvalue weighted by Crippen LogP contribution is 2.21. The lowest BCUT2D eigenvalue weighted by atomic mass is 10.1. The van der Waals surface area contributed by atoms with Crippen molar-refractivity contribution in [2.75, 3.05) is 19.4 Å². The molecule has 2 atom stereocenters. The summed E-state index contributed by atoms with van der Waals surface area (Å²) in [6, 6.07) is 1.89. The van der Waals surface area contributed by atoms with Crippen LogP contribution in [0.25, 0.3) is 0 Å². The van der Waals surface area contributed by atoms with Gasteiger partial charge >= 0.3 is 0 Å². The molecule has 0 spiro atoms. The highest BCUT2D eigenvalue weighted by molar-refractivity contribution is 5.94. The van der Waals surface area contributed by atoms with Crippen molar-refractivity contribution >= 4 is 11.6 Å². The van der Waals surface area contributed by atoms with Gasteiger partial charge in [-0.2, -0.15) is 0 Å². The number of anilines is 1. The summed E-state index contributed by atoms with van der Waals surface area (Å²) in [6.07, 6.45) is 2.79. The fourth-order valence-electron chi connectivity index (χ4n) is 2.53. The van der Waals surface area contributed by atoms with Crippen LogP contribution in [-0.2, 0) is 11.3 Å². The Balaban J connectivity index is 2.19. The van der Waals surface area contributed by atoms with E-state index in [1.807, 2.05) is 25.5 Å². The molecule has 2 unspecified atom stereocenters. The third-order valence-electron chi connectivity index (χ3n) is 3.63. The van der Waals surface area contributed by atoms with Crippen molar-refractivity contribution in [3.05, 3.63) is 18.0 Å². The Hall–Kier alpha value is -1.49. The molecule has 0 aliphatic carbocycles. The predicted octanol–water partition coefficient (Wildman–Crippen LogP) is 1.34. The summed E-state index contributed by atoms with van der Waals surface area (Å²) in [5.74, 6) is 0.0101. The molecule has 0 saturated carbocycles. The maximum absolute atomic E-state index is 12.5. The van der Waals surface area contributed by atoms with E-state index in [1.165, 1.54) is 0 Å². The topological polar surface area (TPSA) is 60.5 Å². The van der Waals surface area contributed by atoms with Crippen molar-refractivity contribution in [1.82, 2.24) is 9.47 Å². The van der Waals surface area contributed by atoms with Crippen LogP contribution in [0.15, 0.2) is 12.3 Å². The smallest absolute Gasteiger partial charge is 0.270 e. The standard InChI is InChI=1S/C13H21N3O2/c1-4-16-8-10(14)7-12(16)13(17)15(3)11-5-6-18-9(11)2/h7-9,11H,4-6,14H2,1-3H3. The van der Waals surface area contributed by atoms with Gasteiger partial charge in [0, 0.05) is 26.4 Å². The minimum atomic E-state index is 0.0101. The molecule has 2 rings (SSSR count). The molecule has 1 amide bonds. The van der Waals surface area contributed by atoms with Crippen molar-refractivity contribution in [3.8, 4) is 0 Å². The third kappa shape index (κ3) is 2.22. The molecule has 0 radical (unpaired) electrons. The highest BCUT2D eigenvalue weighted by atomic mass is 16.5. The van der Waals surface area contributed by atoms with Gasteiger partial charge in [-0.25, -0.2) is 0 Å². The average Bonchev–Trinajstić information content (AvgIpc) is 2.93. The molecule has 100 valence electrons. The lowest BCUT2D eigenvalue weighted by Crippen LogP contribution is -2.41. The second kappa shape index (κ2) is 5.02. The number of nitrogens with two attached hydrogens (primary N) is 1. The second-order valence-corrected chi connectivity index (χ2v) is 4.79. The molecule has 5 heteroatoms. The molecule has 0 aromatic carbocycles. The van der Waals surface area contributed by atoms with Crippen LogP contribution in [-0.4, -0.2) is 41.2 Å². The molecule has 0 bridgehead atoms. The summed E-state index contributed by atoms with van der Waals surface area (Å²) < 4.78 is 7.39. The number of hydrogen-bond acceptors (Lipinski definition) is 3. The molecule has 1 saturated heterocycles. The van der Waals surface area contributed by atoms with Gasteiger partial charge in [0.1, 0.15) is 5.69 Å². The van der Waals surface area contributed by atoms with E-state index in [2.05, 4.69) is 0 Å². The van der Waals surface area contributed by atoms with Gasteiger partial charge < -0.3 is 19.9 Å². The Morgan fingerprint density at radius 1 is 1.67 bits per heavy atom. The van der Waals surface area contributed by atoms with Crippen molar-refractivity contribution in [2.45, 2.75) is 39.0 Å². The van der Waals surface area contributed by atoms with Crippen molar-refractivity contribution in [3.63, 3.8) is 0 Å². The molecule has 2 N–H and O–H groups in total. The van der Waals surface area contributed by atoms with Crippen LogP contribution in [0, 0.1) is 0 Å². The van der Waals surface area contributed by atoms with E-state index in [1.54, 1.807) is 17.2 Å². The summed E-state index contributed by atoms with van der Waals surface area (Å²) in [4.78, 5) is 14.2. The van der Waals surface area contributed by atoms with E-state index in [0.29, 0.717) is 11.4 Å². The largest absolute Gasteiger partial charge is 0.397 e. The SMILES string of the molecule is CCn1cc(N)cc1C(=O)N(C)C1CCOC1C. The van der Waals surface area contributed by atoms with Gasteiger partial charge in [0.15, 0.2) is 0 Å². The summed E-state index contributed by atoms with van der Waals surface area (Å²) in [6.45, 7) is 5.47. The molecule has 1 aromatic heterocycles. The first-order valence-corrected chi connectivity index (χ1v) is 6.39. The molecular weight excluding hydrogens is 230 g/mol. The molecule has 5 nitrogen and oxygen atoms in total. The number of ether oxygens (including phenoxy) is 1. The molecular formula is C13H21N3O2.